The average molecular weight is 259 g/mol. The molecule has 0 saturated heterocycles. The summed E-state index contributed by atoms with van der Waals surface area (Å²) in [5, 5.41) is 2.99. The smallest absolute Gasteiger partial charge is 0.307 e. The molecule has 0 aliphatic carbocycles. The monoisotopic (exact) mass is 259 g/mol. The zero-order valence-electron chi connectivity index (χ0n) is 11.2. The first kappa shape index (κ1) is 15.0. The van der Waals surface area contributed by atoms with Gasteiger partial charge in [-0.3, -0.25) is 0 Å². The Morgan fingerprint density at radius 2 is 1.78 bits per heavy atom. The predicted molar refractivity (Wildman–Crippen MR) is 67.6 cm³/mol. The molecule has 0 aliphatic rings. The van der Waals surface area contributed by atoms with Gasteiger partial charge in [-0.05, 0) is 38.8 Å². The highest BCUT2D eigenvalue weighted by Gasteiger charge is 2.30. The van der Waals surface area contributed by atoms with Gasteiger partial charge in [0.1, 0.15) is 0 Å². The van der Waals surface area contributed by atoms with Gasteiger partial charge in [0, 0.05) is 12.1 Å². The molecule has 2 atom stereocenters. The predicted octanol–water partition coefficient (Wildman–Crippen LogP) is 4.29. The number of hydrogen-bond acceptors (Lipinski definition) is 1. The van der Waals surface area contributed by atoms with Crippen molar-refractivity contribution in [2.24, 2.45) is 0 Å². The molecular weight excluding hydrogens is 239 g/mol. The summed E-state index contributed by atoms with van der Waals surface area (Å²) >= 11 is 0. The Bertz CT molecular complexity index is 399. The molecule has 0 saturated carbocycles. The second-order valence-electron chi connectivity index (χ2n) is 4.97. The van der Waals surface area contributed by atoms with Crippen molar-refractivity contribution in [1.29, 1.82) is 0 Å². The van der Waals surface area contributed by atoms with Crippen LogP contribution >= 0.6 is 0 Å². The summed E-state index contributed by atoms with van der Waals surface area (Å²) < 4.78 is 36.8. The van der Waals surface area contributed by atoms with Crippen molar-refractivity contribution in [2.75, 3.05) is 0 Å². The Balaban J connectivity index is 2.67. The molecule has 1 aromatic carbocycles. The van der Waals surface area contributed by atoms with Gasteiger partial charge in [0.2, 0.25) is 0 Å². The van der Waals surface area contributed by atoms with Crippen LogP contribution in [0.4, 0.5) is 13.2 Å². The Hall–Kier alpha value is -1.03. The van der Waals surface area contributed by atoms with E-state index < -0.39 is 18.6 Å². The van der Waals surface area contributed by atoms with Crippen LogP contribution in [-0.4, -0.2) is 12.2 Å². The van der Waals surface area contributed by atoms with Crippen LogP contribution in [0.15, 0.2) is 18.2 Å². The van der Waals surface area contributed by atoms with E-state index >= 15 is 0 Å². The number of nitrogens with one attached hydrogen (secondary N) is 1. The first-order chi connectivity index (χ1) is 8.19. The molecule has 0 fully saturated rings. The lowest BCUT2D eigenvalue weighted by Gasteiger charge is -2.22. The van der Waals surface area contributed by atoms with Gasteiger partial charge in [0.25, 0.3) is 0 Å². The fourth-order valence-electron chi connectivity index (χ4n) is 2.23. The first-order valence-electron chi connectivity index (χ1n) is 6.09. The van der Waals surface area contributed by atoms with Crippen molar-refractivity contribution in [2.45, 2.75) is 52.4 Å². The third kappa shape index (κ3) is 4.69. The summed E-state index contributed by atoms with van der Waals surface area (Å²) in [5.41, 5.74) is 3.32. The zero-order chi connectivity index (χ0) is 13.9. The third-order valence-corrected chi connectivity index (χ3v) is 2.96. The molecule has 1 rings (SSSR count). The Kier molecular flexibility index (Phi) is 4.79. The van der Waals surface area contributed by atoms with Crippen molar-refractivity contribution >= 4 is 0 Å². The van der Waals surface area contributed by atoms with E-state index in [1.165, 1.54) is 0 Å². The van der Waals surface area contributed by atoms with Crippen LogP contribution in [0.25, 0.3) is 0 Å². The number of benzene rings is 1. The summed E-state index contributed by atoms with van der Waals surface area (Å²) in [6.45, 7) is 7.44. The fourth-order valence-corrected chi connectivity index (χ4v) is 2.23. The van der Waals surface area contributed by atoms with Crippen molar-refractivity contribution in [3.63, 3.8) is 0 Å². The van der Waals surface area contributed by atoms with Crippen molar-refractivity contribution in [1.82, 2.24) is 5.32 Å². The quantitative estimate of drug-likeness (QED) is 0.850. The second-order valence-corrected chi connectivity index (χ2v) is 4.97. The highest BCUT2D eigenvalue weighted by molar-refractivity contribution is 5.32. The molecule has 4 heteroatoms. The minimum absolute atomic E-state index is 0.0806. The third-order valence-electron chi connectivity index (χ3n) is 2.96. The molecule has 0 spiro atoms. The van der Waals surface area contributed by atoms with Gasteiger partial charge in [0.15, 0.2) is 0 Å². The van der Waals surface area contributed by atoms with E-state index in [1.54, 1.807) is 6.92 Å². The maximum atomic E-state index is 12.3. The first-order valence-corrected chi connectivity index (χ1v) is 6.09. The van der Waals surface area contributed by atoms with Gasteiger partial charge >= 0.3 is 6.18 Å². The molecule has 18 heavy (non-hydrogen) atoms. The minimum Gasteiger partial charge on any atom is -0.307 e. The van der Waals surface area contributed by atoms with Crippen LogP contribution in [0.3, 0.4) is 0 Å². The lowest BCUT2D eigenvalue weighted by atomic mass is 9.99. The van der Waals surface area contributed by atoms with Crippen LogP contribution in [0, 0.1) is 13.8 Å². The summed E-state index contributed by atoms with van der Waals surface area (Å²) in [6, 6.07) is 5.34. The van der Waals surface area contributed by atoms with E-state index in [9.17, 15) is 13.2 Å². The SMILES string of the molecule is Cc1ccc(C(C)NC(C)CC(F)(F)F)c(C)c1. The summed E-state index contributed by atoms with van der Waals surface area (Å²) in [6.07, 6.45) is -4.92. The molecule has 0 aliphatic heterocycles. The molecule has 1 nitrogen and oxygen atoms in total. The Morgan fingerprint density at radius 3 is 2.28 bits per heavy atom. The molecule has 0 bridgehead atoms. The van der Waals surface area contributed by atoms with Gasteiger partial charge < -0.3 is 5.32 Å². The molecule has 0 amide bonds. The van der Waals surface area contributed by atoms with Crippen LogP contribution in [0.2, 0.25) is 0 Å². The number of halogens is 3. The van der Waals surface area contributed by atoms with Gasteiger partial charge in [-0.2, -0.15) is 13.2 Å². The number of aryl methyl sites for hydroxylation is 2. The summed E-state index contributed by atoms with van der Waals surface area (Å²) in [5.74, 6) is 0. The van der Waals surface area contributed by atoms with E-state index in [4.69, 9.17) is 0 Å². The number of alkyl halides is 3. The molecule has 0 radical (unpaired) electrons. The molecular formula is C14H20F3N. The van der Waals surface area contributed by atoms with Gasteiger partial charge in [0.05, 0.1) is 6.42 Å². The van der Waals surface area contributed by atoms with E-state index in [-0.39, 0.29) is 6.04 Å². The molecule has 1 aromatic rings. The normalized spacial score (nSPS) is 15.5. The maximum Gasteiger partial charge on any atom is 0.390 e. The average Bonchev–Trinajstić information content (AvgIpc) is 2.13. The lowest BCUT2D eigenvalue weighted by molar-refractivity contribution is -0.139. The van der Waals surface area contributed by atoms with Crippen LogP contribution in [0.1, 0.15) is 43.0 Å². The highest BCUT2D eigenvalue weighted by atomic mass is 19.4. The van der Waals surface area contributed by atoms with Crippen LogP contribution < -0.4 is 5.32 Å². The Labute approximate surface area is 106 Å². The van der Waals surface area contributed by atoms with E-state index in [2.05, 4.69) is 5.32 Å². The van der Waals surface area contributed by atoms with Gasteiger partial charge in [-0.25, -0.2) is 0 Å². The topological polar surface area (TPSA) is 12.0 Å². The molecule has 1 N–H and O–H groups in total. The molecule has 2 unspecified atom stereocenters. The van der Waals surface area contributed by atoms with Crippen molar-refractivity contribution in [3.8, 4) is 0 Å². The summed E-state index contributed by atoms with van der Waals surface area (Å²) in [4.78, 5) is 0. The molecule has 0 heterocycles. The fraction of sp³-hybridized carbons (Fsp3) is 0.571. The number of rotatable bonds is 4. The Morgan fingerprint density at radius 1 is 1.17 bits per heavy atom. The molecule has 0 aromatic heterocycles. The lowest BCUT2D eigenvalue weighted by Crippen LogP contribution is -2.33. The maximum absolute atomic E-state index is 12.3. The highest BCUT2D eigenvalue weighted by Crippen LogP contribution is 2.24. The minimum atomic E-state index is -4.12. The largest absolute Gasteiger partial charge is 0.390 e. The second kappa shape index (κ2) is 5.74. The van der Waals surface area contributed by atoms with Crippen LogP contribution in [-0.2, 0) is 0 Å². The van der Waals surface area contributed by atoms with E-state index in [0.717, 1.165) is 16.7 Å². The van der Waals surface area contributed by atoms with E-state index in [0.29, 0.717) is 0 Å². The van der Waals surface area contributed by atoms with Crippen LogP contribution in [0.5, 0.6) is 0 Å². The molecule has 102 valence electrons. The van der Waals surface area contributed by atoms with Crippen molar-refractivity contribution in [3.05, 3.63) is 34.9 Å². The zero-order valence-corrected chi connectivity index (χ0v) is 11.2. The van der Waals surface area contributed by atoms with Gasteiger partial charge in [-0.15, -0.1) is 0 Å². The number of hydrogen-bond donors (Lipinski definition) is 1. The van der Waals surface area contributed by atoms with E-state index in [1.807, 2.05) is 39.0 Å². The van der Waals surface area contributed by atoms with Gasteiger partial charge in [-0.1, -0.05) is 23.8 Å². The standard InChI is InChI=1S/C14H20F3N/c1-9-5-6-13(10(2)7-9)12(4)18-11(3)8-14(15,16)17/h5-7,11-12,18H,8H2,1-4H3. The summed E-state index contributed by atoms with van der Waals surface area (Å²) in [7, 11) is 0. The van der Waals surface area contributed by atoms with Crippen molar-refractivity contribution < 1.29 is 13.2 Å².